The highest BCUT2D eigenvalue weighted by atomic mass is 19.1. The maximum atomic E-state index is 13.8. The van der Waals surface area contributed by atoms with Gasteiger partial charge in [0.1, 0.15) is 5.82 Å². The minimum absolute atomic E-state index is 0.0320. The van der Waals surface area contributed by atoms with Crippen molar-refractivity contribution in [3.63, 3.8) is 0 Å². The second-order valence-corrected chi connectivity index (χ2v) is 5.95. The smallest absolute Gasteiger partial charge is 0.123 e. The maximum Gasteiger partial charge on any atom is 0.123 e. The van der Waals surface area contributed by atoms with Crippen LogP contribution >= 0.6 is 0 Å². The van der Waals surface area contributed by atoms with Crippen LogP contribution in [-0.2, 0) is 10.2 Å². The molecule has 0 unspecified atom stereocenters. The third kappa shape index (κ3) is 2.42. The maximum absolute atomic E-state index is 13.8. The van der Waals surface area contributed by atoms with Crippen LogP contribution in [0.15, 0.2) is 18.2 Å². The fourth-order valence-corrected chi connectivity index (χ4v) is 3.65. The fraction of sp³-hybridized carbons (Fsp3) is 0.625. The molecular formula is C16H23FN2O. The van der Waals surface area contributed by atoms with Crippen molar-refractivity contribution in [2.45, 2.75) is 31.1 Å². The molecule has 0 atom stereocenters. The van der Waals surface area contributed by atoms with E-state index in [-0.39, 0.29) is 11.2 Å². The van der Waals surface area contributed by atoms with Crippen LogP contribution in [0.1, 0.15) is 31.2 Å². The number of ether oxygens (including phenoxy) is 1. The Morgan fingerprint density at radius 3 is 2.55 bits per heavy atom. The van der Waals surface area contributed by atoms with Gasteiger partial charge in [-0.05, 0) is 36.6 Å². The van der Waals surface area contributed by atoms with Crippen molar-refractivity contribution in [2.75, 3.05) is 37.7 Å². The SMILES string of the molecule is NCC1(c2cc(F)ccc2N2CCOCC2)CCCC1. The Morgan fingerprint density at radius 2 is 1.90 bits per heavy atom. The summed E-state index contributed by atoms with van der Waals surface area (Å²) in [5.74, 6) is -0.156. The molecule has 2 aliphatic rings. The molecule has 20 heavy (non-hydrogen) atoms. The number of hydrogen-bond acceptors (Lipinski definition) is 3. The molecule has 0 aromatic heterocycles. The number of rotatable bonds is 3. The Bertz CT molecular complexity index is 466. The highest BCUT2D eigenvalue weighted by Crippen LogP contribution is 2.44. The van der Waals surface area contributed by atoms with Gasteiger partial charge >= 0.3 is 0 Å². The molecule has 1 aliphatic carbocycles. The van der Waals surface area contributed by atoms with Gasteiger partial charge in [0.2, 0.25) is 0 Å². The standard InChI is InChI=1S/C16H23FN2O/c17-13-3-4-15(19-7-9-20-10-8-19)14(11-13)16(12-18)5-1-2-6-16/h3-4,11H,1-2,5-10,12,18H2. The zero-order valence-corrected chi connectivity index (χ0v) is 11.9. The first-order valence-corrected chi connectivity index (χ1v) is 7.58. The summed E-state index contributed by atoms with van der Waals surface area (Å²) in [7, 11) is 0. The molecule has 110 valence electrons. The lowest BCUT2D eigenvalue weighted by molar-refractivity contribution is 0.122. The van der Waals surface area contributed by atoms with Crippen molar-refractivity contribution in [3.8, 4) is 0 Å². The first-order chi connectivity index (χ1) is 9.75. The lowest BCUT2D eigenvalue weighted by Gasteiger charge is -2.36. The molecule has 0 radical (unpaired) electrons. The Kier molecular flexibility index (Phi) is 3.94. The van der Waals surface area contributed by atoms with Crippen LogP contribution in [-0.4, -0.2) is 32.8 Å². The van der Waals surface area contributed by atoms with E-state index in [0.717, 1.165) is 50.4 Å². The summed E-state index contributed by atoms with van der Waals surface area (Å²) in [6.45, 7) is 3.84. The predicted octanol–water partition coefficient (Wildman–Crippen LogP) is 2.43. The van der Waals surface area contributed by atoms with Crippen molar-refractivity contribution < 1.29 is 9.13 Å². The van der Waals surface area contributed by atoms with Gasteiger partial charge in [0.25, 0.3) is 0 Å². The van der Waals surface area contributed by atoms with E-state index in [4.69, 9.17) is 10.5 Å². The predicted molar refractivity (Wildman–Crippen MR) is 78.6 cm³/mol. The van der Waals surface area contributed by atoms with Gasteiger partial charge in [-0.2, -0.15) is 0 Å². The van der Waals surface area contributed by atoms with Gasteiger partial charge in [0.05, 0.1) is 13.2 Å². The summed E-state index contributed by atoms with van der Waals surface area (Å²) in [4.78, 5) is 2.31. The molecule has 1 saturated heterocycles. The molecule has 0 amide bonds. The van der Waals surface area contributed by atoms with E-state index >= 15 is 0 Å². The highest BCUT2D eigenvalue weighted by molar-refractivity contribution is 5.58. The highest BCUT2D eigenvalue weighted by Gasteiger charge is 2.37. The van der Waals surface area contributed by atoms with E-state index < -0.39 is 0 Å². The molecule has 1 heterocycles. The summed E-state index contributed by atoms with van der Waals surface area (Å²) >= 11 is 0. The number of anilines is 1. The van der Waals surface area contributed by atoms with Gasteiger partial charge in [-0.1, -0.05) is 12.8 Å². The Labute approximate surface area is 119 Å². The Hall–Kier alpha value is -1.13. The number of hydrogen-bond donors (Lipinski definition) is 1. The molecule has 3 nitrogen and oxygen atoms in total. The largest absolute Gasteiger partial charge is 0.378 e. The van der Waals surface area contributed by atoms with Gasteiger partial charge in [-0.15, -0.1) is 0 Å². The van der Waals surface area contributed by atoms with E-state index in [0.29, 0.717) is 6.54 Å². The second-order valence-electron chi connectivity index (χ2n) is 5.95. The summed E-state index contributed by atoms with van der Waals surface area (Å²) in [6.07, 6.45) is 4.53. The molecule has 2 fully saturated rings. The average Bonchev–Trinajstić information content (AvgIpc) is 2.98. The molecule has 1 aromatic carbocycles. The van der Waals surface area contributed by atoms with Crippen LogP contribution in [0.3, 0.4) is 0 Å². The molecule has 1 aliphatic heterocycles. The van der Waals surface area contributed by atoms with Gasteiger partial charge in [-0.25, -0.2) is 4.39 Å². The minimum Gasteiger partial charge on any atom is -0.378 e. The molecule has 1 saturated carbocycles. The average molecular weight is 278 g/mol. The van der Waals surface area contributed by atoms with Crippen molar-refractivity contribution in [1.82, 2.24) is 0 Å². The van der Waals surface area contributed by atoms with Crippen LogP contribution < -0.4 is 10.6 Å². The van der Waals surface area contributed by atoms with Crippen LogP contribution in [0.25, 0.3) is 0 Å². The summed E-state index contributed by atoms with van der Waals surface area (Å²) in [5.41, 5.74) is 8.32. The third-order valence-electron chi connectivity index (χ3n) is 4.83. The fourth-order valence-electron chi connectivity index (χ4n) is 3.65. The first kappa shape index (κ1) is 13.8. The third-order valence-corrected chi connectivity index (χ3v) is 4.83. The van der Waals surface area contributed by atoms with Crippen LogP contribution in [0, 0.1) is 5.82 Å². The number of halogens is 1. The molecular weight excluding hydrogens is 255 g/mol. The van der Waals surface area contributed by atoms with E-state index in [2.05, 4.69) is 4.90 Å². The molecule has 3 rings (SSSR count). The molecule has 1 aromatic rings. The zero-order valence-electron chi connectivity index (χ0n) is 11.9. The van der Waals surface area contributed by atoms with E-state index in [1.54, 1.807) is 12.1 Å². The van der Waals surface area contributed by atoms with Crippen molar-refractivity contribution in [2.24, 2.45) is 5.73 Å². The summed E-state index contributed by atoms with van der Waals surface area (Å²) in [5, 5.41) is 0. The first-order valence-electron chi connectivity index (χ1n) is 7.58. The summed E-state index contributed by atoms with van der Waals surface area (Å²) < 4.78 is 19.2. The van der Waals surface area contributed by atoms with Crippen LogP contribution in [0.4, 0.5) is 10.1 Å². The van der Waals surface area contributed by atoms with E-state index in [1.165, 1.54) is 12.8 Å². The number of morpholine rings is 1. The number of benzene rings is 1. The molecule has 2 N–H and O–H groups in total. The second kappa shape index (κ2) is 5.70. The van der Waals surface area contributed by atoms with Crippen molar-refractivity contribution in [1.29, 1.82) is 0 Å². The normalized spacial score (nSPS) is 22.2. The Balaban J connectivity index is 2.01. The Morgan fingerprint density at radius 1 is 1.20 bits per heavy atom. The lowest BCUT2D eigenvalue weighted by Crippen LogP contribution is -2.40. The summed E-state index contributed by atoms with van der Waals surface area (Å²) in [6, 6.07) is 5.20. The van der Waals surface area contributed by atoms with Crippen molar-refractivity contribution in [3.05, 3.63) is 29.6 Å². The lowest BCUT2D eigenvalue weighted by atomic mass is 9.77. The van der Waals surface area contributed by atoms with Gasteiger partial charge < -0.3 is 15.4 Å². The zero-order chi connectivity index (χ0) is 14.0. The molecule has 0 bridgehead atoms. The molecule has 4 heteroatoms. The van der Waals surface area contributed by atoms with Crippen LogP contribution in [0.5, 0.6) is 0 Å². The van der Waals surface area contributed by atoms with Gasteiger partial charge in [-0.3, -0.25) is 0 Å². The molecule has 0 spiro atoms. The van der Waals surface area contributed by atoms with Crippen LogP contribution in [0.2, 0.25) is 0 Å². The topological polar surface area (TPSA) is 38.5 Å². The quantitative estimate of drug-likeness (QED) is 0.923. The van der Waals surface area contributed by atoms with Gasteiger partial charge in [0.15, 0.2) is 0 Å². The van der Waals surface area contributed by atoms with E-state index in [1.807, 2.05) is 6.07 Å². The number of nitrogens with zero attached hydrogens (tertiary/aromatic N) is 1. The minimum atomic E-state index is -0.156. The number of nitrogens with two attached hydrogens (primary N) is 1. The van der Waals surface area contributed by atoms with Gasteiger partial charge in [0, 0.05) is 30.7 Å². The van der Waals surface area contributed by atoms with E-state index in [9.17, 15) is 4.39 Å². The monoisotopic (exact) mass is 278 g/mol. The van der Waals surface area contributed by atoms with Crippen molar-refractivity contribution >= 4 is 5.69 Å².